The highest BCUT2D eigenvalue weighted by atomic mass is 35.5. The molecule has 0 radical (unpaired) electrons. The molecule has 0 fully saturated rings. The second-order valence-corrected chi connectivity index (χ2v) is 6.08. The number of halogens is 2. The number of benzene rings is 2. The van der Waals surface area contributed by atoms with Gasteiger partial charge in [0.05, 0.1) is 11.6 Å². The summed E-state index contributed by atoms with van der Waals surface area (Å²) in [6.45, 7) is 3.87. The normalized spacial score (nSPS) is 11.4. The Balaban J connectivity index is 1.90. The summed E-state index contributed by atoms with van der Waals surface area (Å²) in [6.07, 6.45) is -0.885. The Hall–Kier alpha value is -2.44. The fourth-order valence-electron chi connectivity index (χ4n) is 2.00. The van der Waals surface area contributed by atoms with Gasteiger partial charge in [-0.1, -0.05) is 29.3 Å². The maximum atomic E-state index is 12.1. The summed E-state index contributed by atoms with van der Waals surface area (Å²) in [4.78, 5) is 24.2. The number of carbonyl (C=O) groups excluding carboxylic acids is 2. The zero-order valence-corrected chi connectivity index (χ0v) is 15.7. The second kappa shape index (κ2) is 9.31. The quantitative estimate of drug-likeness (QED) is 0.730. The molecule has 138 valence electrons. The van der Waals surface area contributed by atoms with Gasteiger partial charge in [-0.15, -0.1) is 0 Å². The summed E-state index contributed by atoms with van der Waals surface area (Å²) in [5.74, 6) is -0.128. The summed E-state index contributed by atoms with van der Waals surface area (Å²) in [7, 11) is 0. The minimum Gasteiger partial charge on any atom is -0.494 e. The van der Waals surface area contributed by atoms with Crippen LogP contribution in [0.5, 0.6) is 11.5 Å². The molecule has 0 heterocycles. The van der Waals surface area contributed by atoms with Crippen molar-refractivity contribution >= 4 is 35.0 Å². The van der Waals surface area contributed by atoms with E-state index < -0.39 is 17.9 Å². The Bertz CT molecular complexity index is 799. The van der Waals surface area contributed by atoms with E-state index >= 15 is 0 Å². The molecule has 0 unspecified atom stereocenters. The van der Waals surface area contributed by atoms with Gasteiger partial charge in [-0.2, -0.15) is 0 Å². The summed E-state index contributed by atoms with van der Waals surface area (Å²) < 4.78 is 10.8. The van der Waals surface area contributed by atoms with Crippen molar-refractivity contribution in [3.8, 4) is 11.5 Å². The van der Waals surface area contributed by atoms with Gasteiger partial charge in [0.1, 0.15) is 11.5 Å². The van der Waals surface area contributed by atoms with E-state index in [1.807, 2.05) is 6.92 Å². The largest absolute Gasteiger partial charge is 0.494 e. The standard InChI is InChI=1S/C18H18Cl2N2O4/c1-3-25-14-6-4-5-12(9-14)18(24)22-21-17(23)11(2)26-16-8-7-13(19)10-15(16)20/h4-11H,3H2,1-2H3,(H,21,23)(H,22,24)/t11-/m1/s1. The lowest BCUT2D eigenvalue weighted by molar-refractivity contribution is -0.128. The maximum Gasteiger partial charge on any atom is 0.279 e. The number of nitrogens with one attached hydrogen (secondary N) is 2. The highest BCUT2D eigenvalue weighted by Crippen LogP contribution is 2.28. The van der Waals surface area contributed by atoms with Gasteiger partial charge in [0, 0.05) is 10.6 Å². The van der Waals surface area contributed by atoms with Gasteiger partial charge >= 0.3 is 0 Å². The Kier molecular flexibility index (Phi) is 7.12. The van der Waals surface area contributed by atoms with Crippen molar-refractivity contribution in [3.05, 3.63) is 58.1 Å². The molecule has 1 atom stereocenters. The van der Waals surface area contributed by atoms with Crippen molar-refractivity contribution in [2.45, 2.75) is 20.0 Å². The first-order valence-electron chi connectivity index (χ1n) is 7.85. The van der Waals surface area contributed by atoms with E-state index in [9.17, 15) is 9.59 Å². The van der Waals surface area contributed by atoms with Gasteiger partial charge in [-0.25, -0.2) is 0 Å². The number of hydrogen-bond acceptors (Lipinski definition) is 4. The van der Waals surface area contributed by atoms with E-state index in [1.54, 1.807) is 36.4 Å². The monoisotopic (exact) mass is 396 g/mol. The van der Waals surface area contributed by atoms with Gasteiger partial charge in [-0.3, -0.25) is 20.4 Å². The number of ether oxygens (including phenoxy) is 2. The van der Waals surface area contributed by atoms with Crippen LogP contribution in [0.4, 0.5) is 0 Å². The van der Waals surface area contributed by atoms with Crippen LogP contribution in [-0.4, -0.2) is 24.5 Å². The highest BCUT2D eigenvalue weighted by Gasteiger charge is 2.17. The van der Waals surface area contributed by atoms with Crippen LogP contribution < -0.4 is 20.3 Å². The zero-order chi connectivity index (χ0) is 19.1. The first-order valence-corrected chi connectivity index (χ1v) is 8.61. The van der Waals surface area contributed by atoms with Gasteiger partial charge < -0.3 is 9.47 Å². The van der Waals surface area contributed by atoms with Crippen molar-refractivity contribution in [3.63, 3.8) is 0 Å². The molecule has 0 aromatic heterocycles. The predicted molar refractivity (Wildman–Crippen MR) is 99.8 cm³/mol. The molecule has 0 spiro atoms. The van der Waals surface area contributed by atoms with Crippen molar-refractivity contribution < 1.29 is 19.1 Å². The van der Waals surface area contributed by atoms with Gasteiger partial charge in [0.2, 0.25) is 0 Å². The van der Waals surface area contributed by atoms with Gasteiger partial charge in [0.15, 0.2) is 6.10 Å². The Morgan fingerprint density at radius 1 is 1.12 bits per heavy atom. The van der Waals surface area contributed by atoms with Crippen LogP contribution in [0.1, 0.15) is 24.2 Å². The van der Waals surface area contributed by atoms with E-state index in [2.05, 4.69) is 10.9 Å². The van der Waals surface area contributed by atoms with Crippen molar-refractivity contribution in [1.29, 1.82) is 0 Å². The molecule has 2 aromatic rings. The minimum atomic E-state index is -0.885. The summed E-state index contributed by atoms with van der Waals surface area (Å²) in [5.41, 5.74) is 4.99. The molecule has 6 nitrogen and oxygen atoms in total. The molecule has 8 heteroatoms. The Morgan fingerprint density at radius 2 is 1.88 bits per heavy atom. The maximum absolute atomic E-state index is 12.1. The van der Waals surface area contributed by atoms with Gasteiger partial charge in [0.25, 0.3) is 11.8 Å². The van der Waals surface area contributed by atoms with Crippen LogP contribution in [0.2, 0.25) is 10.0 Å². The molecule has 2 rings (SSSR count). The Labute approximate surface area is 161 Å². The summed E-state index contributed by atoms with van der Waals surface area (Å²) >= 11 is 11.8. The fourth-order valence-corrected chi connectivity index (χ4v) is 2.45. The average Bonchev–Trinajstić information content (AvgIpc) is 2.62. The fraction of sp³-hybridized carbons (Fsp3) is 0.222. The van der Waals surface area contributed by atoms with E-state index in [0.29, 0.717) is 28.7 Å². The number of amides is 2. The lowest BCUT2D eigenvalue weighted by Gasteiger charge is -2.16. The highest BCUT2D eigenvalue weighted by molar-refractivity contribution is 6.35. The minimum absolute atomic E-state index is 0.286. The molecule has 2 amide bonds. The number of hydrogen-bond donors (Lipinski definition) is 2. The molecule has 0 aliphatic heterocycles. The van der Waals surface area contributed by atoms with E-state index in [0.717, 1.165) is 0 Å². The van der Waals surface area contributed by atoms with Crippen LogP contribution in [-0.2, 0) is 4.79 Å². The Morgan fingerprint density at radius 3 is 2.58 bits per heavy atom. The van der Waals surface area contributed by atoms with Crippen molar-refractivity contribution in [2.24, 2.45) is 0 Å². The van der Waals surface area contributed by atoms with Crippen molar-refractivity contribution in [2.75, 3.05) is 6.61 Å². The number of carbonyl (C=O) groups is 2. The molecule has 2 aromatic carbocycles. The molecule has 0 saturated heterocycles. The van der Waals surface area contributed by atoms with Crippen LogP contribution in [0.3, 0.4) is 0 Å². The van der Waals surface area contributed by atoms with E-state index in [4.69, 9.17) is 32.7 Å². The third-order valence-corrected chi connectivity index (χ3v) is 3.80. The van der Waals surface area contributed by atoms with E-state index in [1.165, 1.54) is 13.0 Å². The zero-order valence-electron chi connectivity index (χ0n) is 14.2. The van der Waals surface area contributed by atoms with Crippen LogP contribution in [0.15, 0.2) is 42.5 Å². The van der Waals surface area contributed by atoms with Crippen LogP contribution >= 0.6 is 23.2 Å². The molecule has 26 heavy (non-hydrogen) atoms. The molecule has 0 aliphatic carbocycles. The molecule has 0 bridgehead atoms. The lowest BCUT2D eigenvalue weighted by atomic mass is 10.2. The average molecular weight is 397 g/mol. The third-order valence-electron chi connectivity index (χ3n) is 3.27. The summed E-state index contributed by atoms with van der Waals surface area (Å²) in [6, 6.07) is 11.3. The summed E-state index contributed by atoms with van der Waals surface area (Å²) in [5, 5.41) is 0.745. The van der Waals surface area contributed by atoms with Crippen LogP contribution in [0, 0.1) is 0 Å². The lowest BCUT2D eigenvalue weighted by Crippen LogP contribution is -2.47. The van der Waals surface area contributed by atoms with Crippen molar-refractivity contribution in [1.82, 2.24) is 10.9 Å². The van der Waals surface area contributed by atoms with Crippen LogP contribution in [0.25, 0.3) is 0 Å². The molecule has 0 saturated carbocycles. The first-order chi connectivity index (χ1) is 12.4. The molecular formula is C18H18Cl2N2O4. The number of hydrazine groups is 1. The number of rotatable bonds is 6. The third kappa shape index (κ3) is 5.54. The predicted octanol–water partition coefficient (Wildman–Crippen LogP) is 3.62. The molecular weight excluding hydrogens is 379 g/mol. The SMILES string of the molecule is CCOc1cccc(C(=O)NNC(=O)[C@@H](C)Oc2ccc(Cl)cc2Cl)c1. The van der Waals surface area contributed by atoms with E-state index in [-0.39, 0.29) is 5.02 Å². The molecule has 0 aliphatic rings. The topological polar surface area (TPSA) is 76.7 Å². The first kappa shape index (κ1) is 19.9. The molecule has 2 N–H and O–H groups in total. The smallest absolute Gasteiger partial charge is 0.279 e. The van der Waals surface area contributed by atoms with Gasteiger partial charge in [-0.05, 0) is 50.2 Å². The second-order valence-electron chi connectivity index (χ2n) is 5.24.